The van der Waals surface area contributed by atoms with E-state index in [-0.39, 0.29) is 23.1 Å². The van der Waals surface area contributed by atoms with Crippen LogP contribution in [0, 0.1) is 0 Å². The lowest BCUT2D eigenvalue weighted by atomic mass is 9.84. The Morgan fingerprint density at radius 1 is 1.00 bits per heavy atom. The van der Waals surface area contributed by atoms with E-state index < -0.39 is 23.3 Å². The number of fused-ring (bicyclic) bond motifs is 1. The van der Waals surface area contributed by atoms with Gasteiger partial charge in [0.05, 0.1) is 20.3 Å². The van der Waals surface area contributed by atoms with Gasteiger partial charge in [0.25, 0.3) is 0 Å². The summed E-state index contributed by atoms with van der Waals surface area (Å²) in [7, 11) is 2.43. The number of nitrogens with zero attached hydrogens (tertiary/aromatic N) is 1. The Labute approximate surface area is 185 Å². The van der Waals surface area contributed by atoms with Crippen molar-refractivity contribution < 1.29 is 28.6 Å². The Hall–Kier alpha value is -3.48. The van der Waals surface area contributed by atoms with Crippen LogP contribution in [0.25, 0.3) is 10.8 Å². The quantitative estimate of drug-likeness (QED) is 0.687. The molecule has 1 heterocycles. The summed E-state index contributed by atoms with van der Waals surface area (Å²) in [4.78, 5) is 44.5. The highest BCUT2D eigenvalue weighted by Crippen LogP contribution is 2.52. The second kappa shape index (κ2) is 7.58. The summed E-state index contributed by atoms with van der Waals surface area (Å²) in [6.45, 7) is 0. The Morgan fingerprint density at radius 3 is 2.38 bits per heavy atom. The van der Waals surface area contributed by atoms with E-state index in [0.717, 1.165) is 37.5 Å². The molecular weight excluding hydrogens is 410 g/mol. The molecule has 2 aromatic rings. The van der Waals surface area contributed by atoms with E-state index in [1.807, 2.05) is 12.1 Å². The van der Waals surface area contributed by atoms with Crippen molar-refractivity contribution in [2.75, 3.05) is 14.2 Å². The molecule has 0 bridgehead atoms. The molecule has 0 N–H and O–H groups in total. The summed E-state index contributed by atoms with van der Waals surface area (Å²) < 4.78 is 16.3. The van der Waals surface area contributed by atoms with Crippen LogP contribution in [0.15, 0.2) is 52.5 Å². The van der Waals surface area contributed by atoms with Gasteiger partial charge in [0, 0.05) is 16.5 Å². The van der Waals surface area contributed by atoms with Gasteiger partial charge < -0.3 is 14.2 Å². The number of hydrogen-bond donors (Lipinski definition) is 0. The molecule has 1 aliphatic heterocycles. The number of benzene rings is 2. The zero-order chi connectivity index (χ0) is 22.5. The highest BCUT2D eigenvalue weighted by molar-refractivity contribution is 6.32. The van der Waals surface area contributed by atoms with Crippen LogP contribution < -0.4 is 0 Å². The highest BCUT2D eigenvalue weighted by Gasteiger charge is 2.62. The van der Waals surface area contributed by atoms with Gasteiger partial charge in [-0.1, -0.05) is 55.7 Å². The van der Waals surface area contributed by atoms with Gasteiger partial charge in [-0.2, -0.15) is 0 Å². The predicted octanol–water partition coefficient (Wildman–Crippen LogP) is 3.64. The van der Waals surface area contributed by atoms with Gasteiger partial charge in [0.15, 0.2) is 0 Å². The average Bonchev–Trinajstić information content (AvgIpc) is 3.29. The number of hydrogen-bond acceptors (Lipinski definition) is 7. The monoisotopic (exact) mass is 433 g/mol. The fourth-order valence-corrected chi connectivity index (χ4v) is 5.12. The van der Waals surface area contributed by atoms with Crippen molar-refractivity contribution in [3.63, 3.8) is 0 Å². The third-order valence-electron chi connectivity index (χ3n) is 6.57. The Morgan fingerprint density at radius 2 is 1.69 bits per heavy atom. The van der Waals surface area contributed by atoms with Crippen LogP contribution >= 0.6 is 0 Å². The molecule has 2 aliphatic carbocycles. The van der Waals surface area contributed by atoms with Crippen molar-refractivity contribution in [1.82, 2.24) is 0 Å². The first-order valence-electron chi connectivity index (χ1n) is 10.8. The molecule has 1 unspecified atom stereocenters. The Kier molecular flexibility index (Phi) is 4.84. The van der Waals surface area contributed by atoms with E-state index >= 15 is 0 Å². The average molecular weight is 433 g/mol. The molecule has 2 aromatic carbocycles. The lowest BCUT2D eigenvalue weighted by Crippen LogP contribution is -2.38. The summed E-state index contributed by atoms with van der Waals surface area (Å²) in [6.07, 6.45) is 4.89. The number of Topliss-reactive ketones (excluding diaryl/α,β-unsaturated/α-hetero) is 1. The molecule has 0 saturated heterocycles. The molecule has 7 nitrogen and oxygen atoms in total. The van der Waals surface area contributed by atoms with E-state index in [4.69, 9.17) is 19.2 Å². The number of carbonyl (C=O) groups excluding carboxylic acids is 3. The normalized spacial score (nSPS) is 23.8. The molecule has 0 amide bonds. The zero-order valence-corrected chi connectivity index (χ0v) is 18.0. The summed E-state index contributed by atoms with van der Waals surface area (Å²) >= 11 is 0. The minimum atomic E-state index is -1.83. The molecule has 3 aliphatic rings. The van der Waals surface area contributed by atoms with Crippen LogP contribution in [-0.4, -0.2) is 43.9 Å². The number of esters is 2. The van der Waals surface area contributed by atoms with E-state index in [1.165, 1.54) is 14.2 Å². The van der Waals surface area contributed by atoms with Crippen LogP contribution in [0.3, 0.4) is 0 Å². The van der Waals surface area contributed by atoms with Crippen molar-refractivity contribution in [3.05, 3.63) is 58.7 Å². The number of ether oxygens (including phenoxy) is 3. The third-order valence-corrected chi connectivity index (χ3v) is 6.57. The van der Waals surface area contributed by atoms with Crippen molar-refractivity contribution in [2.24, 2.45) is 4.99 Å². The van der Waals surface area contributed by atoms with Gasteiger partial charge in [0.2, 0.25) is 17.3 Å². The van der Waals surface area contributed by atoms with Crippen molar-refractivity contribution >= 4 is 34.4 Å². The molecule has 1 saturated carbocycles. The van der Waals surface area contributed by atoms with Gasteiger partial charge in [-0.25, -0.2) is 14.6 Å². The fourth-order valence-electron chi connectivity index (χ4n) is 5.12. The predicted molar refractivity (Wildman–Crippen MR) is 116 cm³/mol. The first kappa shape index (κ1) is 20.4. The Balaban J connectivity index is 1.80. The number of carbonyl (C=O) groups is 3. The third kappa shape index (κ3) is 2.73. The lowest BCUT2D eigenvalue weighted by Gasteiger charge is -2.26. The zero-order valence-electron chi connectivity index (χ0n) is 18.0. The van der Waals surface area contributed by atoms with Crippen molar-refractivity contribution in [3.8, 4) is 0 Å². The highest BCUT2D eigenvalue weighted by atomic mass is 16.6. The standard InChI is InChI=1S/C25H23NO6/c1-30-23(28)19-20(24(29)31-2)25(32-22(19)26-15-10-4-3-5-11-15)17-13-7-9-14-8-6-12-16(18(14)17)21(25)27/h6-9,12-13,15H,3-5,10-11H2,1-2H3. The van der Waals surface area contributed by atoms with Gasteiger partial charge in [-0.3, -0.25) is 4.79 Å². The largest absolute Gasteiger partial charge is 0.466 e. The lowest BCUT2D eigenvalue weighted by molar-refractivity contribution is -0.139. The van der Waals surface area contributed by atoms with Crippen molar-refractivity contribution in [1.29, 1.82) is 0 Å². The number of methoxy groups -OCH3 is 2. The Bertz CT molecular complexity index is 1210. The molecule has 5 rings (SSSR count). The minimum absolute atomic E-state index is 0.0256. The smallest absolute Gasteiger partial charge is 0.344 e. The van der Waals surface area contributed by atoms with Gasteiger partial charge in [-0.05, 0) is 18.2 Å². The van der Waals surface area contributed by atoms with E-state index in [2.05, 4.69) is 0 Å². The van der Waals surface area contributed by atoms with Crippen LogP contribution in [0.1, 0.15) is 48.0 Å². The molecule has 7 heteroatoms. The molecule has 1 spiro atoms. The van der Waals surface area contributed by atoms with Gasteiger partial charge in [0.1, 0.15) is 11.1 Å². The number of ketones is 1. The maximum atomic E-state index is 13.9. The first-order valence-corrected chi connectivity index (χ1v) is 10.8. The second-order valence-electron chi connectivity index (χ2n) is 8.28. The molecule has 0 aromatic heterocycles. The minimum Gasteiger partial charge on any atom is -0.466 e. The first-order chi connectivity index (χ1) is 15.5. The van der Waals surface area contributed by atoms with Gasteiger partial charge in [-0.15, -0.1) is 0 Å². The molecule has 0 radical (unpaired) electrons. The maximum Gasteiger partial charge on any atom is 0.344 e. The van der Waals surface area contributed by atoms with E-state index in [9.17, 15) is 14.4 Å². The second-order valence-corrected chi connectivity index (χ2v) is 8.28. The maximum absolute atomic E-state index is 13.9. The van der Waals surface area contributed by atoms with E-state index in [1.54, 1.807) is 24.3 Å². The number of rotatable bonds is 3. The van der Waals surface area contributed by atoms with Crippen LogP contribution in [-0.2, 0) is 29.4 Å². The summed E-state index contributed by atoms with van der Waals surface area (Å²) in [5, 5.41) is 1.54. The summed E-state index contributed by atoms with van der Waals surface area (Å²) in [5.74, 6) is -2.05. The SMILES string of the molecule is COC(=O)C1=C(C(=O)OC)C2(OC1=NC1CCCCC1)C(=O)c1cccc3cccc2c13. The molecular formula is C25H23NO6. The molecule has 164 valence electrons. The van der Waals surface area contributed by atoms with Gasteiger partial charge >= 0.3 is 11.9 Å². The molecule has 1 atom stereocenters. The fraction of sp³-hybridized carbons (Fsp3) is 0.360. The summed E-state index contributed by atoms with van der Waals surface area (Å²) in [5.41, 5.74) is -1.19. The topological polar surface area (TPSA) is 91.3 Å². The van der Waals surface area contributed by atoms with Crippen LogP contribution in [0.2, 0.25) is 0 Å². The number of aliphatic imine (C=N–C) groups is 1. The van der Waals surface area contributed by atoms with Crippen molar-refractivity contribution in [2.45, 2.75) is 43.7 Å². The molecule has 1 fully saturated rings. The summed E-state index contributed by atoms with van der Waals surface area (Å²) in [6, 6.07) is 10.8. The van der Waals surface area contributed by atoms with Crippen LogP contribution in [0.4, 0.5) is 0 Å². The van der Waals surface area contributed by atoms with E-state index in [0.29, 0.717) is 16.5 Å². The molecule has 32 heavy (non-hydrogen) atoms. The van der Waals surface area contributed by atoms with Crippen LogP contribution in [0.5, 0.6) is 0 Å².